The van der Waals surface area contributed by atoms with Gasteiger partial charge in [0.05, 0.1) is 29.2 Å². The van der Waals surface area contributed by atoms with Gasteiger partial charge in [-0.05, 0) is 37.3 Å². The van der Waals surface area contributed by atoms with E-state index in [0.717, 1.165) is 26.7 Å². The fraction of sp³-hybridized carbons (Fsp3) is 0.182. The molecule has 0 bridgehead atoms. The van der Waals surface area contributed by atoms with E-state index in [-0.39, 0.29) is 18.6 Å². The van der Waals surface area contributed by atoms with Gasteiger partial charge < -0.3 is 15.7 Å². The van der Waals surface area contributed by atoms with Gasteiger partial charge in [0.15, 0.2) is 5.82 Å². The number of hydrogen-bond donors (Lipinski definition) is 3. The second-order valence-corrected chi connectivity index (χ2v) is 8.28. The highest BCUT2D eigenvalue weighted by Gasteiger charge is 2.25. The predicted octanol–water partition coefficient (Wildman–Crippen LogP) is 3.59. The summed E-state index contributed by atoms with van der Waals surface area (Å²) in [6.07, 6.45) is 3.16. The topological polar surface area (TPSA) is 100 Å². The molecule has 3 aromatic heterocycles. The first kappa shape index (κ1) is 18.7. The molecule has 0 aliphatic carbocycles. The van der Waals surface area contributed by atoms with Crippen molar-refractivity contribution in [3.05, 3.63) is 53.3 Å². The molecular weight excluding hydrogens is 398 g/mol. The summed E-state index contributed by atoms with van der Waals surface area (Å²) in [5, 5.41) is 18.1. The molecule has 0 saturated heterocycles. The van der Waals surface area contributed by atoms with Gasteiger partial charge in [-0.3, -0.25) is 4.79 Å². The predicted molar refractivity (Wildman–Crippen MR) is 120 cm³/mol. The molecule has 0 spiro atoms. The molecule has 1 aliphatic rings. The van der Waals surface area contributed by atoms with E-state index >= 15 is 0 Å². The number of nitrogens with one attached hydrogen (secondary N) is 2. The molecule has 0 radical (unpaired) electrons. The minimum Gasteiger partial charge on any atom is -0.392 e. The van der Waals surface area contributed by atoms with Gasteiger partial charge >= 0.3 is 0 Å². The minimum absolute atomic E-state index is 0.0491. The number of aliphatic hydroxyl groups is 1. The van der Waals surface area contributed by atoms with Crippen LogP contribution in [0, 0.1) is 0 Å². The van der Waals surface area contributed by atoms with Crippen molar-refractivity contribution in [1.29, 1.82) is 0 Å². The van der Waals surface area contributed by atoms with Gasteiger partial charge in [0.2, 0.25) is 0 Å². The second-order valence-electron chi connectivity index (χ2n) is 7.23. The zero-order chi connectivity index (χ0) is 20.8. The van der Waals surface area contributed by atoms with E-state index in [9.17, 15) is 9.90 Å². The zero-order valence-electron chi connectivity index (χ0n) is 16.3. The van der Waals surface area contributed by atoms with Crippen LogP contribution >= 0.6 is 11.3 Å². The van der Waals surface area contributed by atoms with Gasteiger partial charge in [-0.1, -0.05) is 6.58 Å². The normalized spacial score (nSPS) is 16.1. The number of fused-ring (bicyclic) bond motifs is 5. The Bertz CT molecular complexity index is 1330. The third-order valence-corrected chi connectivity index (χ3v) is 6.32. The highest BCUT2D eigenvalue weighted by Crippen LogP contribution is 2.41. The summed E-state index contributed by atoms with van der Waals surface area (Å²) in [6, 6.07) is 7.89. The van der Waals surface area contributed by atoms with Gasteiger partial charge in [-0.15, -0.1) is 11.3 Å². The molecule has 1 atom stereocenters. The summed E-state index contributed by atoms with van der Waals surface area (Å²) < 4.78 is 1.03. The monoisotopic (exact) mass is 417 g/mol. The van der Waals surface area contributed by atoms with Gasteiger partial charge in [0.1, 0.15) is 4.88 Å². The van der Waals surface area contributed by atoms with Crippen LogP contribution in [-0.2, 0) is 6.61 Å². The third-order valence-electron chi connectivity index (χ3n) is 5.17. The number of aromatic nitrogens is 3. The molecule has 30 heavy (non-hydrogen) atoms. The number of aliphatic hydroxyl groups excluding tert-OH is 1. The highest BCUT2D eigenvalue weighted by molar-refractivity contribution is 7.21. The first-order valence-electron chi connectivity index (χ1n) is 9.59. The molecular formula is C22H19N5O2S. The Morgan fingerprint density at radius 2 is 2.17 bits per heavy atom. The smallest absolute Gasteiger partial charge is 0.263 e. The first-order valence-corrected chi connectivity index (χ1v) is 10.4. The number of benzene rings is 1. The summed E-state index contributed by atoms with van der Waals surface area (Å²) >= 11 is 1.48. The van der Waals surface area contributed by atoms with Gasteiger partial charge in [0.25, 0.3) is 5.91 Å². The SMILES string of the molecule is C=Cc1ncc(CO)c(-c2ccc3c(ccc4sc5c(c43)NC[C@@H](C)NC5=O)n2)n1. The molecule has 150 valence electrons. The standard InChI is InChI=1S/C22H19N5O2S/c1-3-17-23-9-12(10-28)19(27-17)15-5-4-13-14(26-15)6-7-16-18(13)20-21(30-16)22(29)25-11(2)8-24-20/h3-7,9,11,24,28H,1,8,10H2,2H3,(H,25,29)/t11-/m1/s1. The molecule has 0 fully saturated rings. The van der Waals surface area contributed by atoms with Crippen molar-refractivity contribution in [3.63, 3.8) is 0 Å². The second kappa shape index (κ2) is 7.16. The van der Waals surface area contributed by atoms with Crippen LogP contribution < -0.4 is 10.6 Å². The van der Waals surface area contributed by atoms with Crippen molar-refractivity contribution < 1.29 is 9.90 Å². The average Bonchev–Trinajstić information content (AvgIpc) is 3.09. The average molecular weight is 417 g/mol. The third kappa shape index (κ3) is 2.92. The lowest BCUT2D eigenvalue weighted by Gasteiger charge is -2.11. The summed E-state index contributed by atoms with van der Waals surface area (Å²) in [7, 11) is 0. The van der Waals surface area contributed by atoms with Gasteiger partial charge in [-0.25, -0.2) is 15.0 Å². The molecule has 4 aromatic rings. The first-order chi connectivity index (χ1) is 14.6. The summed E-state index contributed by atoms with van der Waals surface area (Å²) in [6.45, 7) is 6.18. The van der Waals surface area contributed by atoms with Crippen LogP contribution in [0.1, 0.15) is 28.0 Å². The number of anilines is 1. The number of hydrogen-bond acceptors (Lipinski definition) is 7. The van der Waals surface area contributed by atoms with Gasteiger partial charge in [-0.2, -0.15) is 0 Å². The molecule has 1 aliphatic heterocycles. The van der Waals surface area contributed by atoms with Crippen LogP contribution in [0.5, 0.6) is 0 Å². The summed E-state index contributed by atoms with van der Waals surface area (Å²) in [5.74, 6) is 0.430. The molecule has 0 unspecified atom stereocenters. The van der Waals surface area contributed by atoms with Crippen molar-refractivity contribution in [2.45, 2.75) is 19.6 Å². The Kier molecular flexibility index (Phi) is 4.45. The fourth-order valence-corrected chi connectivity index (χ4v) is 4.81. The molecule has 1 aromatic carbocycles. The molecule has 3 N–H and O–H groups in total. The fourth-order valence-electron chi connectivity index (χ4n) is 3.71. The van der Waals surface area contributed by atoms with Crippen molar-refractivity contribution in [3.8, 4) is 11.4 Å². The molecule has 0 saturated carbocycles. The number of pyridine rings is 1. The Labute approximate surface area is 176 Å². The van der Waals surface area contributed by atoms with Gasteiger partial charge in [0, 0.05) is 39.8 Å². The minimum atomic E-state index is -0.180. The maximum absolute atomic E-state index is 12.6. The number of rotatable bonds is 3. The number of carbonyl (C=O) groups is 1. The Morgan fingerprint density at radius 3 is 2.97 bits per heavy atom. The molecule has 8 heteroatoms. The van der Waals surface area contributed by atoms with E-state index in [1.807, 2.05) is 31.2 Å². The lowest BCUT2D eigenvalue weighted by atomic mass is 10.1. The van der Waals surface area contributed by atoms with Crippen LogP contribution in [0.2, 0.25) is 0 Å². The lowest BCUT2D eigenvalue weighted by molar-refractivity contribution is 0.0949. The van der Waals surface area contributed by atoms with E-state index < -0.39 is 0 Å². The largest absolute Gasteiger partial charge is 0.392 e. The van der Waals surface area contributed by atoms with E-state index in [0.29, 0.717) is 34.2 Å². The van der Waals surface area contributed by atoms with Crippen LogP contribution in [0.15, 0.2) is 37.0 Å². The molecule has 5 rings (SSSR count). The maximum atomic E-state index is 12.6. The summed E-state index contributed by atoms with van der Waals surface area (Å²) in [5.41, 5.74) is 3.49. The van der Waals surface area contributed by atoms with E-state index in [1.165, 1.54) is 11.3 Å². The lowest BCUT2D eigenvalue weighted by Crippen LogP contribution is -2.34. The van der Waals surface area contributed by atoms with Crippen molar-refractivity contribution in [2.75, 3.05) is 11.9 Å². The quantitative estimate of drug-likeness (QED) is 0.471. The molecule has 4 heterocycles. The van der Waals surface area contributed by atoms with E-state index in [4.69, 9.17) is 4.98 Å². The maximum Gasteiger partial charge on any atom is 0.263 e. The molecule has 7 nitrogen and oxygen atoms in total. The Hall–Kier alpha value is -3.36. The van der Waals surface area contributed by atoms with E-state index in [1.54, 1.807) is 12.3 Å². The summed E-state index contributed by atoms with van der Waals surface area (Å²) in [4.78, 5) is 26.7. The Morgan fingerprint density at radius 1 is 1.30 bits per heavy atom. The van der Waals surface area contributed by atoms with Crippen LogP contribution in [-0.4, -0.2) is 38.6 Å². The highest BCUT2D eigenvalue weighted by atomic mass is 32.1. The Balaban J connectivity index is 1.72. The zero-order valence-corrected chi connectivity index (χ0v) is 17.1. The number of nitrogens with zero attached hydrogens (tertiary/aromatic N) is 3. The van der Waals surface area contributed by atoms with Crippen molar-refractivity contribution in [1.82, 2.24) is 20.3 Å². The van der Waals surface area contributed by atoms with Crippen LogP contribution in [0.25, 0.3) is 38.5 Å². The van der Waals surface area contributed by atoms with Crippen molar-refractivity contribution >= 4 is 50.0 Å². The number of amides is 1. The van der Waals surface area contributed by atoms with E-state index in [2.05, 4.69) is 27.2 Å². The van der Waals surface area contributed by atoms with Crippen molar-refractivity contribution in [2.24, 2.45) is 0 Å². The van der Waals surface area contributed by atoms with Crippen LogP contribution in [0.3, 0.4) is 0 Å². The molecule has 1 amide bonds. The number of carbonyl (C=O) groups excluding carboxylic acids is 1. The number of thiophene rings is 1. The van der Waals surface area contributed by atoms with Crippen LogP contribution in [0.4, 0.5) is 5.69 Å².